The Balaban J connectivity index is 2.30. The average molecular weight is 189 g/mol. The van der Waals surface area contributed by atoms with Gasteiger partial charge in [-0.1, -0.05) is 12.8 Å². The minimum atomic E-state index is -0.769. The van der Waals surface area contributed by atoms with Crippen LogP contribution in [0, 0.1) is 0 Å². The van der Waals surface area contributed by atoms with Crippen molar-refractivity contribution in [2.45, 2.75) is 36.2 Å². The molecule has 0 bridgehead atoms. The normalized spacial score (nSPS) is 21.1. The van der Waals surface area contributed by atoms with Crippen LogP contribution in [0.3, 0.4) is 0 Å². The van der Waals surface area contributed by atoms with E-state index in [1.54, 1.807) is 0 Å². The molecule has 0 aliphatic heterocycles. The summed E-state index contributed by atoms with van der Waals surface area (Å²) in [7, 11) is 0. The summed E-state index contributed by atoms with van der Waals surface area (Å²) in [5.41, 5.74) is 5.35. The number of thioether (sulfide) groups is 1. The first kappa shape index (κ1) is 9.86. The van der Waals surface area contributed by atoms with E-state index < -0.39 is 11.2 Å². The van der Waals surface area contributed by atoms with Gasteiger partial charge >= 0.3 is 5.97 Å². The minimum Gasteiger partial charge on any atom is -0.480 e. The highest BCUT2D eigenvalue weighted by Gasteiger charge is 2.23. The van der Waals surface area contributed by atoms with Crippen LogP contribution in [0.1, 0.15) is 25.7 Å². The van der Waals surface area contributed by atoms with E-state index in [1.807, 2.05) is 0 Å². The number of carboxylic acids is 1. The molecule has 1 fully saturated rings. The van der Waals surface area contributed by atoms with E-state index >= 15 is 0 Å². The molecule has 1 unspecified atom stereocenters. The van der Waals surface area contributed by atoms with Crippen molar-refractivity contribution in [1.29, 1.82) is 0 Å². The average Bonchev–Trinajstić information content (AvgIpc) is 2.51. The van der Waals surface area contributed by atoms with Gasteiger partial charge in [0.2, 0.25) is 0 Å². The van der Waals surface area contributed by atoms with Crippen LogP contribution in [-0.4, -0.2) is 28.1 Å². The lowest BCUT2D eigenvalue weighted by Gasteiger charge is -2.14. The molecule has 0 radical (unpaired) electrons. The van der Waals surface area contributed by atoms with Gasteiger partial charge < -0.3 is 10.8 Å². The first-order chi connectivity index (χ1) is 5.74. The van der Waals surface area contributed by atoms with Gasteiger partial charge in [-0.3, -0.25) is 4.79 Å². The minimum absolute atomic E-state index is 0.247. The highest BCUT2D eigenvalue weighted by Crippen LogP contribution is 2.31. The van der Waals surface area contributed by atoms with Crippen molar-refractivity contribution in [2.75, 3.05) is 6.54 Å². The fourth-order valence-corrected chi connectivity index (χ4v) is 2.77. The Morgan fingerprint density at radius 2 is 2.17 bits per heavy atom. The third-order valence-corrected chi connectivity index (χ3v) is 3.73. The molecule has 4 heteroatoms. The second-order valence-electron chi connectivity index (χ2n) is 3.11. The highest BCUT2D eigenvalue weighted by molar-refractivity contribution is 8.01. The summed E-state index contributed by atoms with van der Waals surface area (Å²) in [4.78, 5) is 10.6. The fourth-order valence-electron chi connectivity index (χ4n) is 1.47. The Hall–Kier alpha value is -0.220. The molecule has 70 valence electrons. The van der Waals surface area contributed by atoms with Gasteiger partial charge in [0.05, 0.1) is 0 Å². The molecule has 0 heterocycles. The van der Waals surface area contributed by atoms with Crippen LogP contribution in [0.5, 0.6) is 0 Å². The molecule has 1 saturated carbocycles. The maximum Gasteiger partial charge on any atom is 0.317 e. The fraction of sp³-hybridized carbons (Fsp3) is 0.875. The number of carbonyl (C=O) groups is 1. The summed E-state index contributed by atoms with van der Waals surface area (Å²) in [5.74, 6) is -0.769. The van der Waals surface area contributed by atoms with E-state index in [9.17, 15) is 4.79 Å². The zero-order chi connectivity index (χ0) is 8.97. The van der Waals surface area contributed by atoms with Gasteiger partial charge in [0.15, 0.2) is 0 Å². The number of carboxylic acid groups (broad SMARTS) is 1. The molecule has 1 rings (SSSR count). The molecule has 12 heavy (non-hydrogen) atoms. The molecular weight excluding hydrogens is 174 g/mol. The molecule has 3 nitrogen and oxygen atoms in total. The lowest BCUT2D eigenvalue weighted by Crippen LogP contribution is -2.27. The van der Waals surface area contributed by atoms with E-state index in [-0.39, 0.29) is 6.54 Å². The number of hydrogen-bond acceptors (Lipinski definition) is 3. The number of hydrogen-bond donors (Lipinski definition) is 2. The summed E-state index contributed by atoms with van der Waals surface area (Å²) >= 11 is 1.54. The van der Waals surface area contributed by atoms with Crippen molar-refractivity contribution >= 4 is 17.7 Å². The van der Waals surface area contributed by atoms with Crippen molar-refractivity contribution in [3.8, 4) is 0 Å². The van der Waals surface area contributed by atoms with Gasteiger partial charge in [0.25, 0.3) is 0 Å². The van der Waals surface area contributed by atoms with Crippen LogP contribution in [0.4, 0.5) is 0 Å². The van der Waals surface area contributed by atoms with Crippen LogP contribution in [0.2, 0.25) is 0 Å². The van der Waals surface area contributed by atoms with Gasteiger partial charge in [-0.25, -0.2) is 0 Å². The monoisotopic (exact) mass is 189 g/mol. The van der Waals surface area contributed by atoms with Gasteiger partial charge in [-0.2, -0.15) is 0 Å². The molecule has 1 aliphatic rings. The lowest BCUT2D eigenvalue weighted by atomic mass is 10.4. The van der Waals surface area contributed by atoms with Crippen LogP contribution in [0.15, 0.2) is 0 Å². The summed E-state index contributed by atoms with van der Waals surface area (Å²) < 4.78 is 0. The zero-order valence-electron chi connectivity index (χ0n) is 7.03. The molecule has 3 N–H and O–H groups in total. The summed E-state index contributed by atoms with van der Waals surface area (Å²) in [6.07, 6.45) is 4.81. The molecule has 0 amide bonds. The molecule has 0 aromatic carbocycles. The zero-order valence-corrected chi connectivity index (χ0v) is 7.85. The Morgan fingerprint density at radius 1 is 1.58 bits per heavy atom. The van der Waals surface area contributed by atoms with Gasteiger partial charge in [0.1, 0.15) is 5.25 Å². The van der Waals surface area contributed by atoms with Crippen molar-refractivity contribution < 1.29 is 9.90 Å². The maximum absolute atomic E-state index is 10.6. The van der Waals surface area contributed by atoms with E-state index in [0.29, 0.717) is 5.25 Å². The molecule has 0 saturated heterocycles. The largest absolute Gasteiger partial charge is 0.480 e. The predicted molar refractivity (Wildman–Crippen MR) is 50.3 cm³/mol. The topological polar surface area (TPSA) is 63.3 Å². The van der Waals surface area contributed by atoms with E-state index in [1.165, 1.54) is 24.6 Å². The number of rotatable bonds is 4. The SMILES string of the molecule is NCC(SC1CCCC1)C(=O)O. The predicted octanol–water partition coefficient (Wildman–Crippen LogP) is 1.07. The summed E-state index contributed by atoms with van der Waals surface area (Å²) in [5, 5.41) is 8.87. The Morgan fingerprint density at radius 3 is 2.58 bits per heavy atom. The second-order valence-corrected chi connectivity index (χ2v) is 4.61. The van der Waals surface area contributed by atoms with Crippen molar-refractivity contribution in [2.24, 2.45) is 5.73 Å². The smallest absolute Gasteiger partial charge is 0.317 e. The van der Waals surface area contributed by atoms with Crippen molar-refractivity contribution in [3.05, 3.63) is 0 Å². The van der Waals surface area contributed by atoms with Gasteiger partial charge in [-0.15, -0.1) is 11.8 Å². The van der Waals surface area contributed by atoms with Gasteiger partial charge in [0, 0.05) is 11.8 Å². The van der Waals surface area contributed by atoms with Crippen LogP contribution in [0.25, 0.3) is 0 Å². The number of aliphatic carboxylic acids is 1. The molecular formula is C8H15NO2S. The third-order valence-electron chi connectivity index (χ3n) is 2.15. The first-order valence-corrected chi connectivity index (χ1v) is 5.26. The first-order valence-electron chi connectivity index (χ1n) is 4.32. The Kier molecular flexibility index (Phi) is 3.88. The van der Waals surface area contributed by atoms with Gasteiger partial charge in [-0.05, 0) is 12.8 Å². The van der Waals surface area contributed by atoms with E-state index in [4.69, 9.17) is 10.8 Å². The standard InChI is InChI=1S/C8H15NO2S/c9-5-7(8(10)11)12-6-3-1-2-4-6/h6-7H,1-5,9H2,(H,10,11). The molecule has 1 atom stereocenters. The molecule has 0 aromatic rings. The lowest BCUT2D eigenvalue weighted by molar-refractivity contribution is -0.136. The van der Waals surface area contributed by atoms with Crippen molar-refractivity contribution in [1.82, 2.24) is 0 Å². The maximum atomic E-state index is 10.6. The van der Waals surface area contributed by atoms with Crippen LogP contribution >= 0.6 is 11.8 Å². The van der Waals surface area contributed by atoms with Crippen LogP contribution < -0.4 is 5.73 Å². The molecule has 1 aliphatic carbocycles. The quantitative estimate of drug-likeness (QED) is 0.694. The highest BCUT2D eigenvalue weighted by atomic mass is 32.2. The Labute approximate surface area is 76.7 Å². The summed E-state index contributed by atoms with van der Waals surface area (Å²) in [6, 6.07) is 0. The third kappa shape index (κ3) is 2.68. The number of nitrogens with two attached hydrogens (primary N) is 1. The van der Waals surface area contributed by atoms with Crippen molar-refractivity contribution in [3.63, 3.8) is 0 Å². The summed E-state index contributed by atoms with van der Waals surface area (Å²) in [6.45, 7) is 0.247. The van der Waals surface area contributed by atoms with E-state index in [2.05, 4.69) is 0 Å². The Bertz CT molecular complexity index is 157. The van der Waals surface area contributed by atoms with Crippen LogP contribution in [-0.2, 0) is 4.79 Å². The molecule has 0 aromatic heterocycles. The second kappa shape index (κ2) is 4.72. The van der Waals surface area contributed by atoms with E-state index in [0.717, 1.165) is 12.8 Å². The molecule has 0 spiro atoms.